The van der Waals surface area contributed by atoms with Gasteiger partial charge in [0.2, 0.25) is 5.91 Å². The Morgan fingerprint density at radius 3 is 2.31 bits per heavy atom. The average molecular weight is 227 g/mol. The number of carbonyl (C=O) groups is 2. The quantitative estimate of drug-likeness (QED) is 0.574. The summed E-state index contributed by atoms with van der Waals surface area (Å²) in [6, 6.07) is -0.571. The van der Waals surface area contributed by atoms with E-state index in [2.05, 4.69) is 10.1 Å². The van der Waals surface area contributed by atoms with Crippen LogP contribution in [0.4, 0.5) is 0 Å². The molecule has 0 saturated carbocycles. The van der Waals surface area contributed by atoms with Crippen molar-refractivity contribution in [2.45, 2.75) is 40.2 Å². The van der Waals surface area contributed by atoms with Crippen molar-refractivity contribution in [1.82, 2.24) is 5.32 Å². The highest BCUT2D eigenvalue weighted by atomic mass is 16.5. The molecular formula is C12H21NO3. The van der Waals surface area contributed by atoms with Crippen LogP contribution in [0, 0.1) is 5.92 Å². The standard InChI is InChI=1S/C12H21NO3/c1-6-9(4)11(12(15)16-5)13-10(14)7-8(2)3/h7,9,11H,6H2,1-5H3,(H,13,14)/t9-,11+/m0/s1. The zero-order chi connectivity index (χ0) is 12.7. The lowest BCUT2D eigenvalue weighted by molar-refractivity contribution is -0.146. The monoisotopic (exact) mass is 227 g/mol. The van der Waals surface area contributed by atoms with E-state index in [1.54, 1.807) is 0 Å². The van der Waals surface area contributed by atoms with Crippen LogP contribution in [0.3, 0.4) is 0 Å². The molecule has 0 unspecified atom stereocenters. The lowest BCUT2D eigenvalue weighted by Crippen LogP contribution is -2.45. The van der Waals surface area contributed by atoms with Crippen LogP contribution in [0.25, 0.3) is 0 Å². The second-order valence-electron chi connectivity index (χ2n) is 4.12. The smallest absolute Gasteiger partial charge is 0.328 e. The van der Waals surface area contributed by atoms with E-state index in [4.69, 9.17) is 0 Å². The van der Waals surface area contributed by atoms with E-state index in [9.17, 15) is 9.59 Å². The van der Waals surface area contributed by atoms with Gasteiger partial charge in [-0.1, -0.05) is 25.8 Å². The minimum Gasteiger partial charge on any atom is -0.467 e. The highest BCUT2D eigenvalue weighted by molar-refractivity contribution is 5.91. The van der Waals surface area contributed by atoms with Gasteiger partial charge in [0.05, 0.1) is 7.11 Å². The maximum absolute atomic E-state index is 11.5. The van der Waals surface area contributed by atoms with E-state index in [1.165, 1.54) is 13.2 Å². The molecule has 1 amide bonds. The largest absolute Gasteiger partial charge is 0.467 e. The predicted octanol–water partition coefficient (Wildman–Crippen LogP) is 1.66. The van der Waals surface area contributed by atoms with Crippen LogP contribution >= 0.6 is 0 Å². The number of allylic oxidation sites excluding steroid dienone is 1. The van der Waals surface area contributed by atoms with Gasteiger partial charge < -0.3 is 10.1 Å². The summed E-state index contributed by atoms with van der Waals surface area (Å²) in [7, 11) is 1.32. The third kappa shape index (κ3) is 4.96. The van der Waals surface area contributed by atoms with Crippen LogP contribution in [0.5, 0.6) is 0 Å². The topological polar surface area (TPSA) is 55.4 Å². The summed E-state index contributed by atoms with van der Waals surface area (Å²) in [5, 5.41) is 2.66. The van der Waals surface area contributed by atoms with Crippen molar-refractivity contribution in [3.8, 4) is 0 Å². The summed E-state index contributed by atoms with van der Waals surface area (Å²) in [4.78, 5) is 23.0. The SMILES string of the molecule is CC[C@H](C)[C@@H](NC(=O)C=C(C)C)C(=O)OC. The van der Waals surface area contributed by atoms with E-state index in [-0.39, 0.29) is 11.8 Å². The van der Waals surface area contributed by atoms with Crippen molar-refractivity contribution < 1.29 is 14.3 Å². The molecule has 0 fully saturated rings. The van der Waals surface area contributed by atoms with Crippen molar-refractivity contribution >= 4 is 11.9 Å². The number of amides is 1. The lowest BCUT2D eigenvalue weighted by Gasteiger charge is -2.21. The van der Waals surface area contributed by atoms with Gasteiger partial charge in [-0.3, -0.25) is 4.79 Å². The molecule has 0 aromatic rings. The number of hydrogen-bond acceptors (Lipinski definition) is 3. The van der Waals surface area contributed by atoms with Crippen LogP contribution in [0.15, 0.2) is 11.6 Å². The first-order valence-electron chi connectivity index (χ1n) is 5.45. The van der Waals surface area contributed by atoms with Gasteiger partial charge in [-0.2, -0.15) is 0 Å². The molecule has 0 heterocycles. The Balaban J connectivity index is 4.61. The van der Waals surface area contributed by atoms with Gasteiger partial charge in [0, 0.05) is 6.08 Å². The molecule has 0 bridgehead atoms. The normalized spacial score (nSPS) is 13.6. The Morgan fingerprint density at radius 2 is 1.94 bits per heavy atom. The maximum atomic E-state index is 11.5. The van der Waals surface area contributed by atoms with E-state index in [0.29, 0.717) is 0 Å². The van der Waals surface area contributed by atoms with Crippen LogP contribution < -0.4 is 5.32 Å². The molecule has 92 valence electrons. The second kappa shape index (κ2) is 7.04. The van der Waals surface area contributed by atoms with Crippen LogP contribution in [0.1, 0.15) is 34.1 Å². The lowest BCUT2D eigenvalue weighted by atomic mass is 9.99. The summed E-state index contributed by atoms with van der Waals surface area (Å²) in [6.07, 6.45) is 2.27. The van der Waals surface area contributed by atoms with Crippen molar-refractivity contribution in [2.24, 2.45) is 5.92 Å². The fraction of sp³-hybridized carbons (Fsp3) is 0.667. The number of rotatable bonds is 5. The Hall–Kier alpha value is -1.32. The molecule has 0 rings (SSSR count). The van der Waals surface area contributed by atoms with Gasteiger partial charge in [0.25, 0.3) is 0 Å². The van der Waals surface area contributed by atoms with Crippen molar-refractivity contribution in [1.29, 1.82) is 0 Å². The number of ether oxygens (including phenoxy) is 1. The zero-order valence-electron chi connectivity index (χ0n) is 10.7. The van der Waals surface area contributed by atoms with Gasteiger partial charge >= 0.3 is 5.97 Å². The molecule has 0 aliphatic heterocycles. The summed E-state index contributed by atoms with van der Waals surface area (Å²) >= 11 is 0. The van der Waals surface area contributed by atoms with Gasteiger partial charge in [-0.15, -0.1) is 0 Å². The van der Waals surface area contributed by atoms with Gasteiger partial charge in [0.1, 0.15) is 6.04 Å². The molecule has 0 saturated heterocycles. The number of hydrogen-bond donors (Lipinski definition) is 1. The number of esters is 1. The third-order valence-corrected chi connectivity index (χ3v) is 2.39. The zero-order valence-corrected chi connectivity index (χ0v) is 10.7. The molecular weight excluding hydrogens is 206 g/mol. The molecule has 0 aromatic heterocycles. The minimum atomic E-state index is -0.571. The van der Waals surface area contributed by atoms with Crippen molar-refractivity contribution in [3.05, 3.63) is 11.6 Å². The first kappa shape index (κ1) is 14.7. The summed E-state index contributed by atoms with van der Waals surface area (Å²) in [5.41, 5.74) is 0.894. The van der Waals surface area contributed by atoms with Gasteiger partial charge in [-0.05, 0) is 19.8 Å². The molecule has 0 radical (unpaired) electrons. The average Bonchev–Trinajstić information content (AvgIpc) is 2.22. The van der Waals surface area contributed by atoms with Crippen LogP contribution in [0.2, 0.25) is 0 Å². The highest BCUT2D eigenvalue weighted by Gasteiger charge is 2.25. The van der Waals surface area contributed by atoms with Crippen LogP contribution in [-0.4, -0.2) is 25.0 Å². The van der Waals surface area contributed by atoms with E-state index in [0.717, 1.165) is 12.0 Å². The molecule has 0 aromatic carbocycles. The Labute approximate surface area is 97.1 Å². The second-order valence-corrected chi connectivity index (χ2v) is 4.12. The predicted molar refractivity (Wildman–Crippen MR) is 62.8 cm³/mol. The summed E-state index contributed by atoms with van der Waals surface area (Å²) in [5.74, 6) is -0.595. The summed E-state index contributed by atoms with van der Waals surface area (Å²) < 4.78 is 4.67. The van der Waals surface area contributed by atoms with Crippen LogP contribution in [-0.2, 0) is 14.3 Å². The van der Waals surface area contributed by atoms with Gasteiger partial charge in [-0.25, -0.2) is 4.79 Å². The third-order valence-electron chi connectivity index (χ3n) is 2.39. The number of nitrogens with one attached hydrogen (secondary N) is 1. The molecule has 16 heavy (non-hydrogen) atoms. The first-order valence-corrected chi connectivity index (χ1v) is 5.45. The Morgan fingerprint density at radius 1 is 1.38 bits per heavy atom. The van der Waals surface area contributed by atoms with E-state index < -0.39 is 12.0 Å². The summed E-state index contributed by atoms with van der Waals surface area (Å²) in [6.45, 7) is 7.53. The van der Waals surface area contributed by atoms with Gasteiger partial charge in [0.15, 0.2) is 0 Å². The van der Waals surface area contributed by atoms with Crippen molar-refractivity contribution in [3.63, 3.8) is 0 Å². The highest BCUT2D eigenvalue weighted by Crippen LogP contribution is 2.09. The molecule has 4 nitrogen and oxygen atoms in total. The number of methoxy groups -OCH3 is 1. The number of carbonyl (C=O) groups excluding carboxylic acids is 2. The maximum Gasteiger partial charge on any atom is 0.328 e. The fourth-order valence-electron chi connectivity index (χ4n) is 1.25. The van der Waals surface area contributed by atoms with E-state index in [1.807, 2.05) is 27.7 Å². The first-order chi connectivity index (χ1) is 7.42. The minimum absolute atomic E-state index is 0.0574. The van der Waals surface area contributed by atoms with Crippen molar-refractivity contribution in [2.75, 3.05) is 7.11 Å². The molecule has 4 heteroatoms. The molecule has 1 N–H and O–H groups in total. The Kier molecular flexibility index (Phi) is 6.46. The molecule has 0 spiro atoms. The molecule has 2 atom stereocenters. The molecule has 0 aliphatic carbocycles. The fourth-order valence-corrected chi connectivity index (χ4v) is 1.25. The van der Waals surface area contributed by atoms with E-state index >= 15 is 0 Å². The molecule has 0 aliphatic rings. The Bertz CT molecular complexity index is 280.